The van der Waals surface area contributed by atoms with Gasteiger partial charge >= 0.3 is 0 Å². The van der Waals surface area contributed by atoms with E-state index in [9.17, 15) is 8.42 Å². The van der Waals surface area contributed by atoms with Crippen LogP contribution in [0, 0.1) is 13.8 Å². The normalized spacial score (nSPS) is 13.7. The second-order valence-electron chi connectivity index (χ2n) is 7.12. The van der Waals surface area contributed by atoms with Crippen molar-refractivity contribution in [1.29, 1.82) is 0 Å². The number of hydrogen-bond donors (Lipinski definition) is 2. The summed E-state index contributed by atoms with van der Waals surface area (Å²) >= 11 is 0. The third-order valence-corrected chi connectivity index (χ3v) is 6.37. The molecule has 0 radical (unpaired) electrons. The highest BCUT2D eigenvalue weighted by molar-refractivity contribution is 7.89. The third-order valence-electron chi connectivity index (χ3n) is 4.91. The van der Waals surface area contributed by atoms with E-state index in [1.54, 1.807) is 43.5 Å². The van der Waals surface area contributed by atoms with Crippen molar-refractivity contribution in [3.63, 3.8) is 0 Å². The smallest absolute Gasteiger partial charge is 0.241 e. The maximum atomic E-state index is 13.0. The topological polar surface area (TPSA) is 81.4 Å². The Morgan fingerprint density at radius 3 is 1.79 bits per heavy atom. The van der Waals surface area contributed by atoms with Gasteiger partial charge in [0.1, 0.15) is 5.75 Å². The summed E-state index contributed by atoms with van der Waals surface area (Å²) in [5.74, 6) is 0.692. The van der Waals surface area contributed by atoms with Crippen LogP contribution in [0.4, 0.5) is 0 Å². The molecule has 0 heterocycles. The van der Waals surface area contributed by atoms with Gasteiger partial charge in [-0.25, -0.2) is 13.1 Å². The van der Waals surface area contributed by atoms with E-state index in [1.165, 1.54) is 0 Å². The Labute approximate surface area is 172 Å². The minimum Gasteiger partial charge on any atom is -0.497 e. The molecule has 0 unspecified atom stereocenters. The third kappa shape index (κ3) is 5.03. The van der Waals surface area contributed by atoms with E-state index >= 15 is 0 Å². The van der Waals surface area contributed by atoms with E-state index in [1.807, 2.05) is 50.2 Å². The van der Waals surface area contributed by atoms with Crippen molar-refractivity contribution in [1.82, 2.24) is 4.72 Å². The predicted octanol–water partition coefficient (Wildman–Crippen LogP) is 4.03. The number of sulfonamides is 1. The van der Waals surface area contributed by atoms with Gasteiger partial charge in [-0.1, -0.05) is 59.7 Å². The van der Waals surface area contributed by atoms with Crippen LogP contribution in [0.2, 0.25) is 0 Å². The maximum absolute atomic E-state index is 13.0. The average Bonchev–Trinajstić information content (AvgIpc) is 2.72. The standard InChI is InChI=1S/C23H26N2O3S/c1-16-4-8-18(9-5-16)22(24)23(19-10-12-20(28-3)13-11-19)25-29(26,27)21-14-6-17(2)7-15-21/h4-15,22-23,25H,24H2,1-3H3/t22-,23-/m0/s1. The number of nitrogens with one attached hydrogen (secondary N) is 1. The molecule has 3 aromatic carbocycles. The molecule has 3 rings (SSSR count). The summed E-state index contributed by atoms with van der Waals surface area (Å²) in [5, 5.41) is 0. The summed E-state index contributed by atoms with van der Waals surface area (Å²) in [6.45, 7) is 3.91. The van der Waals surface area contributed by atoms with E-state index < -0.39 is 22.1 Å². The molecule has 0 spiro atoms. The second kappa shape index (κ2) is 8.78. The first-order valence-corrected chi connectivity index (χ1v) is 10.8. The molecule has 0 saturated carbocycles. The number of hydrogen-bond acceptors (Lipinski definition) is 4. The summed E-state index contributed by atoms with van der Waals surface area (Å²) < 4.78 is 34.1. The van der Waals surface area contributed by atoms with Gasteiger partial charge in [0.25, 0.3) is 0 Å². The number of nitrogens with two attached hydrogens (primary N) is 1. The fourth-order valence-electron chi connectivity index (χ4n) is 3.09. The van der Waals surface area contributed by atoms with Crippen LogP contribution < -0.4 is 15.2 Å². The van der Waals surface area contributed by atoms with E-state index in [-0.39, 0.29) is 4.90 Å². The summed E-state index contributed by atoms with van der Waals surface area (Å²) in [5.41, 5.74) is 10.3. The van der Waals surface area contributed by atoms with Gasteiger partial charge in [-0.05, 0) is 49.2 Å². The summed E-state index contributed by atoms with van der Waals surface area (Å²) in [6.07, 6.45) is 0. The monoisotopic (exact) mass is 410 g/mol. The van der Waals surface area contributed by atoms with Crippen LogP contribution in [0.25, 0.3) is 0 Å². The molecular weight excluding hydrogens is 384 g/mol. The Kier molecular flexibility index (Phi) is 6.37. The van der Waals surface area contributed by atoms with Crippen molar-refractivity contribution < 1.29 is 13.2 Å². The predicted molar refractivity (Wildman–Crippen MR) is 115 cm³/mol. The van der Waals surface area contributed by atoms with Crippen molar-refractivity contribution in [2.24, 2.45) is 5.73 Å². The molecule has 0 saturated heterocycles. The van der Waals surface area contributed by atoms with Gasteiger partial charge in [-0.15, -0.1) is 0 Å². The first-order chi connectivity index (χ1) is 13.8. The molecule has 0 fully saturated rings. The first-order valence-electron chi connectivity index (χ1n) is 9.35. The van der Waals surface area contributed by atoms with Crippen LogP contribution >= 0.6 is 0 Å². The largest absolute Gasteiger partial charge is 0.497 e. The van der Waals surface area contributed by atoms with Crippen molar-refractivity contribution in [3.8, 4) is 5.75 Å². The summed E-state index contributed by atoms with van der Waals surface area (Å²) in [7, 11) is -2.17. The lowest BCUT2D eigenvalue weighted by Gasteiger charge is -2.26. The fourth-order valence-corrected chi connectivity index (χ4v) is 4.34. The molecule has 29 heavy (non-hydrogen) atoms. The molecule has 3 aromatic rings. The van der Waals surface area contributed by atoms with Crippen LogP contribution in [0.1, 0.15) is 34.3 Å². The molecule has 0 aliphatic carbocycles. The molecule has 6 heteroatoms. The van der Waals surface area contributed by atoms with Crippen LogP contribution in [0.5, 0.6) is 5.75 Å². The zero-order chi connectivity index (χ0) is 21.0. The molecule has 0 aromatic heterocycles. The van der Waals surface area contributed by atoms with Gasteiger partial charge in [0.2, 0.25) is 10.0 Å². The lowest BCUT2D eigenvalue weighted by molar-refractivity contribution is 0.414. The minimum absolute atomic E-state index is 0.206. The molecule has 0 aliphatic rings. The molecule has 0 aliphatic heterocycles. The number of benzene rings is 3. The lowest BCUT2D eigenvalue weighted by atomic mass is 9.94. The average molecular weight is 411 g/mol. The SMILES string of the molecule is COc1ccc([C@H](NS(=O)(=O)c2ccc(C)cc2)[C@@H](N)c2ccc(C)cc2)cc1. The molecule has 3 N–H and O–H groups in total. The van der Waals surface area contributed by atoms with Gasteiger partial charge in [-0.3, -0.25) is 0 Å². The van der Waals surface area contributed by atoms with Crippen molar-refractivity contribution in [2.75, 3.05) is 7.11 Å². The number of aryl methyl sites for hydroxylation is 2. The fraction of sp³-hybridized carbons (Fsp3) is 0.217. The maximum Gasteiger partial charge on any atom is 0.241 e. The Morgan fingerprint density at radius 1 is 0.793 bits per heavy atom. The zero-order valence-corrected chi connectivity index (χ0v) is 17.6. The highest BCUT2D eigenvalue weighted by atomic mass is 32.2. The van der Waals surface area contributed by atoms with Crippen molar-refractivity contribution >= 4 is 10.0 Å². The molecular formula is C23H26N2O3S. The van der Waals surface area contributed by atoms with Gasteiger partial charge in [0, 0.05) is 0 Å². The first kappa shape index (κ1) is 21.0. The lowest BCUT2D eigenvalue weighted by Crippen LogP contribution is -2.36. The van der Waals surface area contributed by atoms with E-state index in [2.05, 4.69) is 4.72 Å². The number of methoxy groups -OCH3 is 1. The molecule has 0 amide bonds. The highest BCUT2D eigenvalue weighted by Gasteiger charge is 2.27. The van der Waals surface area contributed by atoms with Crippen molar-refractivity contribution in [3.05, 3.63) is 95.1 Å². The van der Waals surface area contributed by atoms with Crippen LogP contribution in [-0.4, -0.2) is 15.5 Å². The molecule has 0 bridgehead atoms. The zero-order valence-electron chi connectivity index (χ0n) is 16.8. The van der Waals surface area contributed by atoms with Crippen LogP contribution in [0.3, 0.4) is 0 Å². The minimum atomic E-state index is -3.76. The van der Waals surface area contributed by atoms with Gasteiger partial charge in [0.15, 0.2) is 0 Å². The van der Waals surface area contributed by atoms with Gasteiger partial charge < -0.3 is 10.5 Å². The van der Waals surface area contributed by atoms with E-state index in [0.717, 1.165) is 22.3 Å². The Balaban J connectivity index is 1.99. The number of rotatable bonds is 7. The van der Waals surface area contributed by atoms with Crippen LogP contribution in [0.15, 0.2) is 77.7 Å². The Hall–Kier alpha value is -2.67. The van der Waals surface area contributed by atoms with E-state index in [0.29, 0.717) is 5.75 Å². The summed E-state index contributed by atoms with van der Waals surface area (Å²) in [6, 6.07) is 20.6. The Bertz CT molecular complexity index is 1040. The van der Waals surface area contributed by atoms with Gasteiger partial charge in [-0.2, -0.15) is 0 Å². The molecule has 5 nitrogen and oxygen atoms in total. The van der Waals surface area contributed by atoms with Crippen molar-refractivity contribution in [2.45, 2.75) is 30.8 Å². The summed E-state index contributed by atoms with van der Waals surface area (Å²) in [4.78, 5) is 0.206. The quantitative estimate of drug-likeness (QED) is 0.616. The van der Waals surface area contributed by atoms with E-state index in [4.69, 9.17) is 10.5 Å². The van der Waals surface area contributed by atoms with Gasteiger partial charge in [0.05, 0.1) is 24.1 Å². The molecule has 152 valence electrons. The Morgan fingerprint density at radius 2 is 1.28 bits per heavy atom. The second-order valence-corrected chi connectivity index (χ2v) is 8.84. The number of ether oxygens (including phenoxy) is 1. The highest BCUT2D eigenvalue weighted by Crippen LogP contribution is 2.30. The molecule has 2 atom stereocenters. The van der Waals surface area contributed by atoms with Crippen LogP contribution in [-0.2, 0) is 10.0 Å².